The van der Waals surface area contributed by atoms with Gasteiger partial charge in [-0.05, 0) is 45.8 Å². The van der Waals surface area contributed by atoms with Crippen LogP contribution in [0.2, 0.25) is 0 Å². The summed E-state index contributed by atoms with van der Waals surface area (Å²) in [7, 11) is 2.24. The van der Waals surface area contributed by atoms with Gasteiger partial charge >= 0.3 is 0 Å². The molecule has 0 amide bonds. The first-order valence-electron chi connectivity index (χ1n) is 7.82. The van der Waals surface area contributed by atoms with E-state index in [1.54, 1.807) is 5.69 Å². The lowest BCUT2D eigenvalue weighted by atomic mass is 10.0. The van der Waals surface area contributed by atoms with Crippen molar-refractivity contribution in [3.63, 3.8) is 0 Å². The van der Waals surface area contributed by atoms with Crippen LogP contribution in [0.5, 0.6) is 0 Å². The highest BCUT2D eigenvalue weighted by Gasteiger charge is 2.34. The van der Waals surface area contributed by atoms with E-state index in [0.29, 0.717) is 6.04 Å². The first-order valence-corrected chi connectivity index (χ1v) is 7.82. The van der Waals surface area contributed by atoms with E-state index >= 15 is 0 Å². The second-order valence-corrected chi connectivity index (χ2v) is 6.47. The largest absolute Gasteiger partial charge is 0.328 e. The Labute approximate surface area is 115 Å². The Morgan fingerprint density at radius 2 is 1.95 bits per heavy atom. The molecule has 3 heterocycles. The lowest BCUT2D eigenvalue weighted by Crippen LogP contribution is -2.33. The number of hydrogen-bond acceptors (Lipinski definition) is 3. The van der Waals surface area contributed by atoms with Gasteiger partial charge in [0.05, 0.1) is 5.69 Å². The highest BCUT2D eigenvalue weighted by Crippen LogP contribution is 2.42. The van der Waals surface area contributed by atoms with Gasteiger partial charge in [0.1, 0.15) is 5.82 Å². The predicted octanol–water partition coefficient (Wildman–Crippen LogP) is 1.67. The highest BCUT2D eigenvalue weighted by molar-refractivity contribution is 5.25. The molecular weight excluding hydrogens is 236 g/mol. The molecule has 0 radical (unpaired) electrons. The number of aromatic nitrogens is 2. The van der Waals surface area contributed by atoms with E-state index in [1.807, 2.05) is 0 Å². The molecule has 2 fully saturated rings. The van der Waals surface area contributed by atoms with Gasteiger partial charge in [0, 0.05) is 37.2 Å². The van der Waals surface area contributed by atoms with Crippen molar-refractivity contribution in [3.8, 4) is 0 Å². The van der Waals surface area contributed by atoms with E-state index in [2.05, 4.69) is 21.8 Å². The number of fused-ring (bicyclic) bond motifs is 1. The summed E-state index contributed by atoms with van der Waals surface area (Å²) in [5.74, 6) is 2.19. The van der Waals surface area contributed by atoms with Crippen molar-refractivity contribution in [1.82, 2.24) is 19.8 Å². The normalized spacial score (nSPS) is 25.5. The minimum Gasteiger partial charge on any atom is -0.328 e. The van der Waals surface area contributed by atoms with E-state index in [9.17, 15) is 0 Å². The third-order valence-electron chi connectivity index (χ3n) is 4.95. The zero-order valence-corrected chi connectivity index (χ0v) is 11.9. The summed E-state index contributed by atoms with van der Waals surface area (Å²) < 4.78 is 2.67. The smallest absolute Gasteiger partial charge is 0.112 e. The van der Waals surface area contributed by atoms with E-state index < -0.39 is 0 Å². The first-order chi connectivity index (χ1) is 9.33. The molecule has 1 saturated heterocycles. The van der Waals surface area contributed by atoms with E-state index in [-0.39, 0.29) is 0 Å². The summed E-state index contributed by atoms with van der Waals surface area (Å²) in [6.45, 7) is 4.57. The summed E-state index contributed by atoms with van der Waals surface area (Å²) in [5, 5.41) is 3.47. The van der Waals surface area contributed by atoms with Crippen LogP contribution in [-0.2, 0) is 13.0 Å². The van der Waals surface area contributed by atoms with Gasteiger partial charge in [-0.2, -0.15) is 0 Å². The zero-order chi connectivity index (χ0) is 12.8. The Bertz CT molecular complexity index is 467. The van der Waals surface area contributed by atoms with Crippen LogP contribution >= 0.6 is 0 Å². The summed E-state index contributed by atoms with van der Waals surface area (Å²) in [4.78, 5) is 7.45. The molecule has 0 unspecified atom stereocenters. The zero-order valence-electron chi connectivity index (χ0n) is 11.9. The van der Waals surface area contributed by atoms with Gasteiger partial charge in [-0.1, -0.05) is 0 Å². The summed E-state index contributed by atoms with van der Waals surface area (Å²) >= 11 is 0. The van der Waals surface area contributed by atoms with Crippen molar-refractivity contribution < 1.29 is 0 Å². The van der Waals surface area contributed by atoms with E-state index in [1.165, 1.54) is 56.7 Å². The van der Waals surface area contributed by atoms with Gasteiger partial charge in [-0.15, -0.1) is 0 Å². The molecule has 0 aromatic carbocycles. The molecule has 4 heteroatoms. The van der Waals surface area contributed by atoms with Crippen LogP contribution in [0.4, 0.5) is 0 Å². The summed E-state index contributed by atoms with van der Waals surface area (Å²) in [6.07, 6.45) is 6.48. The quantitative estimate of drug-likeness (QED) is 0.878. The molecule has 0 spiro atoms. The van der Waals surface area contributed by atoms with Crippen LogP contribution < -0.4 is 5.32 Å². The van der Waals surface area contributed by atoms with Gasteiger partial charge in [0.15, 0.2) is 0 Å². The number of likely N-dealkylation sites (tertiary alicyclic amines) is 1. The van der Waals surface area contributed by atoms with Gasteiger partial charge < -0.3 is 14.8 Å². The highest BCUT2D eigenvalue weighted by atomic mass is 15.2. The van der Waals surface area contributed by atoms with Crippen LogP contribution in [-0.4, -0.2) is 41.1 Å². The van der Waals surface area contributed by atoms with Crippen molar-refractivity contribution >= 4 is 0 Å². The molecule has 19 heavy (non-hydrogen) atoms. The molecule has 0 atom stereocenters. The van der Waals surface area contributed by atoms with Gasteiger partial charge in [0.25, 0.3) is 0 Å². The molecule has 1 aromatic rings. The van der Waals surface area contributed by atoms with Crippen LogP contribution in [0.1, 0.15) is 54.9 Å². The molecule has 4 rings (SSSR count). The number of nitrogens with zero attached hydrogens (tertiary/aromatic N) is 3. The lowest BCUT2D eigenvalue weighted by molar-refractivity contribution is 0.216. The van der Waals surface area contributed by atoms with Crippen molar-refractivity contribution in [3.05, 3.63) is 17.2 Å². The van der Waals surface area contributed by atoms with Crippen LogP contribution in [0.15, 0.2) is 0 Å². The molecule has 1 aliphatic carbocycles. The Hall–Kier alpha value is -0.870. The molecule has 104 valence electrons. The van der Waals surface area contributed by atoms with Crippen molar-refractivity contribution in [2.45, 2.75) is 50.6 Å². The van der Waals surface area contributed by atoms with Gasteiger partial charge in [-0.25, -0.2) is 4.98 Å². The average Bonchev–Trinajstić information content (AvgIpc) is 3.21. The fourth-order valence-corrected chi connectivity index (χ4v) is 3.64. The molecular formula is C15H24N4. The number of rotatable bonds is 2. The fourth-order valence-electron chi connectivity index (χ4n) is 3.64. The lowest BCUT2D eigenvalue weighted by Gasteiger charge is -2.32. The number of piperidine rings is 1. The molecule has 4 nitrogen and oxygen atoms in total. The SMILES string of the molecule is CN1CCC(n2c(C3CC3)nc3c2CCNC3)CC1. The maximum atomic E-state index is 4.99. The van der Waals surface area contributed by atoms with Crippen molar-refractivity contribution in [2.24, 2.45) is 0 Å². The first kappa shape index (κ1) is 11.9. The van der Waals surface area contributed by atoms with Crippen LogP contribution in [0, 0.1) is 0 Å². The van der Waals surface area contributed by atoms with Crippen LogP contribution in [0.3, 0.4) is 0 Å². The molecule has 2 aliphatic heterocycles. The Morgan fingerprint density at radius 1 is 1.16 bits per heavy atom. The van der Waals surface area contributed by atoms with E-state index in [0.717, 1.165) is 19.0 Å². The molecule has 1 aromatic heterocycles. The third kappa shape index (κ3) is 2.11. The third-order valence-corrected chi connectivity index (χ3v) is 4.95. The topological polar surface area (TPSA) is 33.1 Å². The Kier molecular flexibility index (Phi) is 2.88. The number of hydrogen-bond donors (Lipinski definition) is 1. The monoisotopic (exact) mass is 260 g/mol. The fraction of sp³-hybridized carbons (Fsp3) is 0.800. The maximum Gasteiger partial charge on any atom is 0.112 e. The summed E-state index contributed by atoms with van der Waals surface area (Å²) in [6, 6.07) is 0.709. The molecule has 0 bridgehead atoms. The minimum atomic E-state index is 0.709. The second-order valence-electron chi connectivity index (χ2n) is 6.47. The molecule has 3 aliphatic rings. The Balaban J connectivity index is 1.70. The Morgan fingerprint density at radius 3 is 2.68 bits per heavy atom. The van der Waals surface area contributed by atoms with Gasteiger partial charge in [0.2, 0.25) is 0 Å². The van der Waals surface area contributed by atoms with Gasteiger partial charge in [-0.3, -0.25) is 0 Å². The molecule has 1 N–H and O–H groups in total. The number of nitrogens with one attached hydrogen (secondary N) is 1. The minimum absolute atomic E-state index is 0.709. The van der Waals surface area contributed by atoms with E-state index in [4.69, 9.17) is 4.98 Å². The maximum absolute atomic E-state index is 4.99. The van der Waals surface area contributed by atoms with Crippen molar-refractivity contribution in [1.29, 1.82) is 0 Å². The van der Waals surface area contributed by atoms with Crippen molar-refractivity contribution in [2.75, 3.05) is 26.7 Å². The summed E-state index contributed by atoms with van der Waals surface area (Å²) in [5.41, 5.74) is 2.89. The predicted molar refractivity (Wildman–Crippen MR) is 75.4 cm³/mol. The number of imidazole rings is 1. The van der Waals surface area contributed by atoms with Crippen LogP contribution in [0.25, 0.3) is 0 Å². The molecule has 1 saturated carbocycles. The average molecular weight is 260 g/mol. The second kappa shape index (κ2) is 4.60. The standard InChI is InChI=1S/C15H24N4/c1-18-8-5-12(6-9-18)19-14-4-7-16-10-13(14)17-15(19)11-2-3-11/h11-12,16H,2-10H2,1H3.